The van der Waals surface area contributed by atoms with Gasteiger partial charge in [0.15, 0.2) is 0 Å². The van der Waals surface area contributed by atoms with E-state index < -0.39 is 0 Å². The number of anilines is 1. The zero-order valence-corrected chi connectivity index (χ0v) is 15.3. The molecule has 2 rings (SSSR count). The van der Waals surface area contributed by atoms with Gasteiger partial charge < -0.3 is 10.6 Å². The molecule has 0 aliphatic heterocycles. The van der Waals surface area contributed by atoms with E-state index in [9.17, 15) is 9.59 Å². The normalized spacial score (nSPS) is 10.3. The topological polar surface area (TPSA) is 58.2 Å². The molecule has 4 nitrogen and oxygen atoms in total. The van der Waals surface area contributed by atoms with Crippen LogP contribution in [0, 0.1) is 6.92 Å². The molecule has 0 aliphatic rings. The minimum atomic E-state index is -0.0903. The standard InChI is InChI=1S/C20H24N2O2S/c1-16-7-5-11-18(13-16)22-20(24)15-25-14-19(23)21-12-6-10-17-8-3-2-4-9-17/h2-5,7-9,11,13H,6,10,12,14-15H2,1H3,(H,21,23)(H,22,24). The number of nitrogens with one attached hydrogen (secondary N) is 2. The number of hydrogen-bond acceptors (Lipinski definition) is 3. The van der Waals surface area contributed by atoms with Gasteiger partial charge in [0.2, 0.25) is 11.8 Å². The van der Waals surface area contributed by atoms with Crippen molar-refractivity contribution in [3.8, 4) is 0 Å². The van der Waals surface area contributed by atoms with Crippen molar-refractivity contribution in [3.63, 3.8) is 0 Å². The molecule has 0 spiro atoms. The van der Waals surface area contributed by atoms with Gasteiger partial charge in [-0.2, -0.15) is 0 Å². The second-order valence-corrected chi connectivity index (χ2v) is 6.84. The lowest BCUT2D eigenvalue weighted by Crippen LogP contribution is -2.27. The van der Waals surface area contributed by atoms with Gasteiger partial charge in [-0.1, -0.05) is 42.5 Å². The zero-order valence-electron chi connectivity index (χ0n) is 14.5. The molecule has 0 saturated heterocycles. The molecule has 25 heavy (non-hydrogen) atoms. The molecular formula is C20H24N2O2S. The molecule has 0 saturated carbocycles. The summed E-state index contributed by atoms with van der Waals surface area (Å²) in [5.41, 5.74) is 3.16. The van der Waals surface area contributed by atoms with Gasteiger partial charge in [0.1, 0.15) is 0 Å². The fraction of sp³-hybridized carbons (Fsp3) is 0.300. The van der Waals surface area contributed by atoms with Crippen LogP contribution in [-0.4, -0.2) is 29.9 Å². The van der Waals surface area contributed by atoms with Gasteiger partial charge in [0, 0.05) is 12.2 Å². The molecule has 2 N–H and O–H groups in total. The highest BCUT2D eigenvalue weighted by Gasteiger charge is 2.06. The molecule has 132 valence electrons. The Morgan fingerprint density at radius 1 is 0.960 bits per heavy atom. The number of benzene rings is 2. The Morgan fingerprint density at radius 3 is 2.48 bits per heavy atom. The lowest BCUT2D eigenvalue weighted by Gasteiger charge is -2.07. The van der Waals surface area contributed by atoms with E-state index >= 15 is 0 Å². The second-order valence-electron chi connectivity index (χ2n) is 5.85. The minimum Gasteiger partial charge on any atom is -0.355 e. The molecule has 2 aromatic carbocycles. The predicted octanol–water partition coefficient (Wildman–Crippen LogP) is 3.42. The Balaban J connectivity index is 1.55. The lowest BCUT2D eigenvalue weighted by molar-refractivity contribution is -0.118. The summed E-state index contributed by atoms with van der Waals surface area (Å²) in [6.07, 6.45) is 1.86. The van der Waals surface area contributed by atoms with E-state index in [1.165, 1.54) is 17.3 Å². The SMILES string of the molecule is Cc1cccc(NC(=O)CSCC(=O)NCCCc2ccccc2)c1. The van der Waals surface area contributed by atoms with Crippen LogP contribution in [0.15, 0.2) is 54.6 Å². The molecule has 0 bridgehead atoms. The maximum atomic E-state index is 11.9. The van der Waals surface area contributed by atoms with E-state index in [4.69, 9.17) is 0 Å². The first-order chi connectivity index (χ1) is 12.1. The molecule has 0 unspecified atom stereocenters. The molecule has 0 aliphatic carbocycles. The molecule has 5 heteroatoms. The minimum absolute atomic E-state index is 0.0265. The van der Waals surface area contributed by atoms with Crippen LogP contribution < -0.4 is 10.6 Å². The Morgan fingerprint density at radius 2 is 1.72 bits per heavy atom. The van der Waals surface area contributed by atoms with Gasteiger partial charge in [-0.25, -0.2) is 0 Å². The van der Waals surface area contributed by atoms with Crippen LogP contribution in [0.5, 0.6) is 0 Å². The number of hydrogen-bond donors (Lipinski definition) is 2. The summed E-state index contributed by atoms with van der Waals surface area (Å²) in [7, 11) is 0. The summed E-state index contributed by atoms with van der Waals surface area (Å²) >= 11 is 1.32. The number of aryl methyl sites for hydroxylation is 2. The van der Waals surface area contributed by atoms with Gasteiger partial charge in [-0.15, -0.1) is 11.8 Å². The van der Waals surface area contributed by atoms with Crippen molar-refractivity contribution in [2.45, 2.75) is 19.8 Å². The summed E-state index contributed by atoms with van der Waals surface area (Å²) in [5, 5.41) is 5.73. The summed E-state index contributed by atoms with van der Waals surface area (Å²) in [4.78, 5) is 23.6. The van der Waals surface area contributed by atoms with E-state index in [1.54, 1.807) is 0 Å². The Bertz CT molecular complexity index is 689. The first kappa shape index (κ1) is 19.1. The van der Waals surface area contributed by atoms with Crippen LogP contribution in [0.2, 0.25) is 0 Å². The number of rotatable bonds is 9. The highest BCUT2D eigenvalue weighted by Crippen LogP contribution is 2.10. The van der Waals surface area contributed by atoms with E-state index in [0.29, 0.717) is 12.3 Å². The highest BCUT2D eigenvalue weighted by atomic mass is 32.2. The molecule has 0 radical (unpaired) electrons. The van der Waals surface area contributed by atoms with Gasteiger partial charge in [-0.3, -0.25) is 9.59 Å². The smallest absolute Gasteiger partial charge is 0.234 e. The largest absolute Gasteiger partial charge is 0.355 e. The van der Waals surface area contributed by atoms with Crippen LogP contribution in [0.1, 0.15) is 17.5 Å². The van der Waals surface area contributed by atoms with Crippen LogP contribution >= 0.6 is 11.8 Å². The van der Waals surface area contributed by atoms with Gasteiger partial charge in [-0.05, 0) is 43.0 Å². The third-order valence-electron chi connectivity index (χ3n) is 3.58. The Kier molecular flexibility index (Phi) is 8.05. The van der Waals surface area contributed by atoms with Gasteiger partial charge in [0.05, 0.1) is 11.5 Å². The van der Waals surface area contributed by atoms with Crippen molar-refractivity contribution in [1.82, 2.24) is 5.32 Å². The summed E-state index contributed by atoms with van der Waals surface area (Å²) < 4.78 is 0. The van der Waals surface area contributed by atoms with Crippen LogP contribution in [0.3, 0.4) is 0 Å². The number of carbonyl (C=O) groups excluding carboxylic acids is 2. The third kappa shape index (κ3) is 7.90. The molecule has 2 amide bonds. The maximum Gasteiger partial charge on any atom is 0.234 e. The summed E-state index contributed by atoms with van der Waals surface area (Å²) in [6.45, 7) is 2.64. The van der Waals surface area contributed by atoms with E-state index in [0.717, 1.165) is 24.1 Å². The van der Waals surface area contributed by atoms with Crippen LogP contribution in [0.4, 0.5) is 5.69 Å². The average molecular weight is 356 g/mol. The molecule has 0 atom stereocenters. The van der Waals surface area contributed by atoms with Crippen molar-refractivity contribution in [1.29, 1.82) is 0 Å². The maximum absolute atomic E-state index is 11.9. The summed E-state index contributed by atoms with van der Waals surface area (Å²) in [6, 6.07) is 17.9. The van der Waals surface area contributed by atoms with Crippen molar-refractivity contribution in [2.75, 3.05) is 23.4 Å². The number of thioether (sulfide) groups is 1. The lowest BCUT2D eigenvalue weighted by atomic mass is 10.1. The first-order valence-corrected chi connectivity index (χ1v) is 9.54. The summed E-state index contributed by atoms with van der Waals surface area (Å²) in [5.74, 6) is 0.451. The fourth-order valence-corrected chi connectivity index (χ4v) is 3.02. The van der Waals surface area contributed by atoms with Crippen molar-refractivity contribution < 1.29 is 9.59 Å². The molecule has 0 heterocycles. The second kappa shape index (κ2) is 10.6. The molecule has 0 fully saturated rings. The van der Waals surface area contributed by atoms with Crippen LogP contribution in [-0.2, 0) is 16.0 Å². The van der Waals surface area contributed by atoms with Crippen molar-refractivity contribution >= 4 is 29.3 Å². The first-order valence-electron chi connectivity index (χ1n) is 8.38. The Hall–Kier alpha value is -2.27. The zero-order chi connectivity index (χ0) is 17.9. The van der Waals surface area contributed by atoms with Crippen LogP contribution in [0.25, 0.3) is 0 Å². The fourth-order valence-electron chi connectivity index (χ4n) is 2.37. The quantitative estimate of drug-likeness (QED) is 0.677. The monoisotopic (exact) mass is 356 g/mol. The predicted molar refractivity (Wildman–Crippen MR) is 105 cm³/mol. The third-order valence-corrected chi connectivity index (χ3v) is 4.51. The number of amides is 2. The highest BCUT2D eigenvalue weighted by molar-refractivity contribution is 8.00. The molecular weight excluding hydrogens is 332 g/mol. The van der Waals surface area contributed by atoms with E-state index in [1.807, 2.05) is 49.4 Å². The molecule has 0 aromatic heterocycles. The average Bonchev–Trinajstić information content (AvgIpc) is 2.60. The van der Waals surface area contributed by atoms with Gasteiger partial charge >= 0.3 is 0 Å². The van der Waals surface area contributed by atoms with E-state index in [2.05, 4.69) is 22.8 Å². The number of carbonyl (C=O) groups is 2. The van der Waals surface area contributed by atoms with Crippen molar-refractivity contribution in [2.24, 2.45) is 0 Å². The van der Waals surface area contributed by atoms with Crippen molar-refractivity contribution in [3.05, 3.63) is 65.7 Å². The van der Waals surface area contributed by atoms with Gasteiger partial charge in [0.25, 0.3) is 0 Å². The Labute approximate surface area is 153 Å². The molecule has 2 aromatic rings. The van der Waals surface area contributed by atoms with E-state index in [-0.39, 0.29) is 17.6 Å².